The third-order valence-electron chi connectivity index (χ3n) is 0.944. The van der Waals surface area contributed by atoms with Gasteiger partial charge in [0.25, 0.3) is 0 Å². The number of rotatable bonds is 1. The molecule has 0 bridgehead atoms. The predicted octanol–water partition coefficient (Wildman–Crippen LogP) is 0.609. The molecule has 0 fully saturated rings. The summed E-state index contributed by atoms with van der Waals surface area (Å²) in [6.07, 6.45) is 3.00. The molecule has 0 radical (unpaired) electrons. The van der Waals surface area contributed by atoms with Gasteiger partial charge in [0.2, 0.25) is 0 Å². The van der Waals surface area contributed by atoms with Crippen LogP contribution < -0.4 is 0 Å². The van der Waals surface area contributed by atoms with Crippen molar-refractivity contribution in [1.29, 1.82) is 0 Å². The number of aryl methyl sites for hydroxylation is 1. The number of aromatic nitrogens is 2. The second kappa shape index (κ2) is 1.86. The second-order valence-corrected chi connectivity index (χ2v) is 1.55. The first kappa shape index (κ1) is 5.15. The van der Waals surface area contributed by atoms with E-state index in [0.29, 0.717) is 0 Å². The molecular weight excluding hydrogens is 104 g/mol. The van der Waals surface area contributed by atoms with Crippen LogP contribution in [-0.2, 0) is 6.54 Å². The lowest BCUT2D eigenvalue weighted by atomic mass is 10.6. The molecule has 3 nitrogen and oxygen atoms in total. The molecule has 1 rings (SSSR count). The smallest absolute Gasteiger partial charge is 0.153 e. The summed E-state index contributed by atoms with van der Waals surface area (Å²) in [5, 5.41) is 12.5. The highest BCUT2D eigenvalue weighted by molar-refractivity contribution is 5.08. The second-order valence-electron chi connectivity index (χ2n) is 1.55. The average Bonchev–Trinajstić information content (AvgIpc) is 2.14. The highest BCUT2D eigenvalue weighted by atomic mass is 16.3. The van der Waals surface area contributed by atoms with Crippen molar-refractivity contribution in [3.05, 3.63) is 12.4 Å². The normalized spacial score (nSPS) is 9.62. The van der Waals surface area contributed by atoms with Crippen molar-refractivity contribution in [3.8, 4) is 5.75 Å². The molecule has 0 aromatic carbocycles. The molecular formula is C5H8N2O. The van der Waals surface area contributed by atoms with E-state index in [4.69, 9.17) is 5.11 Å². The zero-order valence-corrected chi connectivity index (χ0v) is 4.70. The van der Waals surface area contributed by atoms with Gasteiger partial charge in [0.1, 0.15) is 0 Å². The molecule has 0 amide bonds. The Labute approximate surface area is 47.6 Å². The van der Waals surface area contributed by atoms with Gasteiger partial charge < -0.3 is 5.11 Å². The van der Waals surface area contributed by atoms with E-state index >= 15 is 0 Å². The fraction of sp³-hybridized carbons (Fsp3) is 0.400. The third-order valence-corrected chi connectivity index (χ3v) is 0.944. The summed E-state index contributed by atoms with van der Waals surface area (Å²) in [5.74, 6) is 0.229. The fourth-order valence-corrected chi connectivity index (χ4v) is 0.526. The van der Waals surface area contributed by atoms with E-state index in [9.17, 15) is 0 Å². The minimum Gasteiger partial charge on any atom is -0.505 e. The van der Waals surface area contributed by atoms with Gasteiger partial charge in [-0.2, -0.15) is 5.10 Å². The molecule has 1 heterocycles. The van der Waals surface area contributed by atoms with Crippen LogP contribution in [0.4, 0.5) is 0 Å². The minimum atomic E-state index is 0.229. The summed E-state index contributed by atoms with van der Waals surface area (Å²) in [6, 6.07) is 0. The van der Waals surface area contributed by atoms with Crippen LogP contribution in [0, 0.1) is 0 Å². The average molecular weight is 112 g/mol. The minimum absolute atomic E-state index is 0.229. The number of hydrogen-bond donors (Lipinski definition) is 1. The van der Waals surface area contributed by atoms with E-state index in [-0.39, 0.29) is 5.75 Å². The van der Waals surface area contributed by atoms with Crippen molar-refractivity contribution in [2.45, 2.75) is 13.5 Å². The van der Waals surface area contributed by atoms with Gasteiger partial charge in [-0.3, -0.25) is 4.68 Å². The Hall–Kier alpha value is -0.990. The van der Waals surface area contributed by atoms with Crippen molar-refractivity contribution in [3.63, 3.8) is 0 Å². The maximum atomic E-state index is 8.70. The van der Waals surface area contributed by atoms with Crippen LogP contribution in [0.1, 0.15) is 6.92 Å². The Kier molecular flexibility index (Phi) is 1.20. The number of hydrogen-bond acceptors (Lipinski definition) is 2. The highest BCUT2D eigenvalue weighted by Gasteiger charge is 1.88. The van der Waals surface area contributed by atoms with Crippen LogP contribution in [0.2, 0.25) is 0 Å². The van der Waals surface area contributed by atoms with Gasteiger partial charge in [0.15, 0.2) is 5.75 Å². The lowest BCUT2D eigenvalue weighted by molar-refractivity contribution is 0.474. The maximum Gasteiger partial charge on any atom is 0.153 e. The molecule has 0 saturated carbocycles. The SMILES string of the molecule is CCn1cc(O)cn1. The van der Waals surface area contributed by atoms with E-state index in [0.717, 1.165) is 6.54 Å². The molecule has 0 saturated heterocycles. The predicted molar refractivity (Wildman–Crippen MR) is 29.6 cm³/mol. The van der Waals surface area contributed by atoms with E-state index in [2.05, 4.69) is 5.10 Å². The van der Waals surface area contributed by atoms with Crippen LogP contribution >= 0.6 is 0 Å². The zero-order chi connectivity index (χ0) is 5.98. The summed E-state index contributed by atoms with van der Waals surface area (Å²) in [4.78, 5) is 0. The largest absolute Gasteiger partial charge is 0.505 e. The Morgan fingerprint density at radius 1 is 1.88 bits per heavy atom. The van der Waals surface area contributed by atoms with Crippen molar-refractivity contribution >= 4 is 0 Å². The van der Waals surface area contributed by atoms with Gasteiger partial charge in [0.05, 0.1) is 12.4 Å². The van der Waals surface area contributed by atoms with Crippen molar-refractivity contribution < 1.29 is 5.11 Å². The Morgan fingerprint density at radius 2 is 2.62 bits per heavy atom. The van der Waals surface area contributed by atoms with E-state index in [1.54, 1.807) is 10.9 Å². The van der Waals surface area contributed by atoms with Crippen molar-refractivity contribution in [2.24, 2.45) is 0 Å². The molecule has 0 aliphatic carbocycles. The van der Waals surface area contributed by atoms with Gasteiger partial charge in [-0.05, 0) is 6.92 Å². The Balaban J connectivity index is 2.84. The molecule has 44 valence electrons. The maximum absolute atomic E-state index is 8.70. The molecule has 0 aliphatic rings. The monoisotopic (exact) mass is 112 g/mol. The summed E-state index contributed by atoms with van der Waals surface area (Å²) in [6.45, 7) is 2.77. The molecule has 0 atom stereocenters. The van der Waals surface area contributed by atoms with Crippen LogP contribution in [0.15, 0.2) is 12.4 Å². The van der Waals surface area contributed by atoms with Gasteiger partial charge >= 0.3 is 0 Å². The molecule has 1 N–H and O–H groups in total. The molecule has 1 aromatic heterocycles. The fourth-order valence-electron chi connectivity index (χ4n) is 0.526. The molecule has 0 aliphatic heterocycles. The molecule has 3 heteroatoms. The summed E-state index contributed by atoms with van der Waals surface area (Å²) < 4.78 is 1.66. The van der Waals surface area contributed by atoms with Gasteiger partial charge in [0, 0.05) is 6.54 Å². The van der Waals surface area contributed by atoms with Crippen LogP contribution in [-0.4, -0.2) is 14.9 Å². The summed E-state index contributed by atoms with van der Waals surface area (Å²) in [7, 11) is 0. The van der Waals surface area contributed by atoms with Crippen molar-refractivity contribution in [2.75, 3.05) is 0 Å². The Morgan fingerprint density at radius 3 is 2.88 bits per heavy atom. The van der Waals surface area contributed by atoms with Gasteiger partial charge in [-0.25, -0.2) is 0 Å². The van der Waals surface area contributed by atoms with Crippen LogP contribution in [0.25, 0.3) is 0 Å². The number of aromatic hydroxyl groups is 1. The standard InChI is InChI=1S/C5H8N2O/c1-2-7-4-5(8)3-6-7/h3-4,8H,2H2,1H3. The lowest BCUT2D eigenvalue weighted by Gasteiger charge is -1.87. The topological polar surface area (TPSA) is 38.0 Å². The first-order chi connectivity index (χ1) is 3.83. The van der Waals surface area contributed by atoms with Crippen LogP contribution in [0.3, 0.4) is 0 Å². The van der Waals surface area contributed by atoms with E-state index in [1.165, 1.54) is 6.20 Å². The first-order valence-corrected chi connectivity index (χ1v) is 2.54. The van der Waals surface area contributed by atoms with Gasteiger partial charge in [-0.15, -0.1) is 0 Å². The lowest BCUT2D eigenvalue weighted by Crippen LogP contribution is -1.91. The van der Waals surface area contributed by atoms with E-state index < -0.39 is 0 Å². The highest BCUT2D eigenvalue weighted by Crippen LogP contribution is 2.02. The molecule has 1 aromatic rings. The van der Waals surface area contributed by atoms with Crippen LogP contribution in [0.5, 0.6) is 5.75 Å². The van der Waals surface area contributed by atoms with E-state index in [1.807, 2.05) is 6.92 Å². The number of nitrogens with zero attached hydrogens (tertiary/aromatic N) is 2. The van der Waals surface area contributed by atoms with Gasteiger partial charge in [-0.1, -0.05) is 0 Å². The molecule has 0 spiro atoms. The summed E-state index contributed by atoms with van der Waals surface area (Å²) in [5.41, 5.74) is 0. The van der Waals surface area contributed by atoms with Crippen molar-refractivity contribution in [1.82, 2.24) is 9.78 Å². The first-order valence-electron chi connectivity index (χ1n) is 2.54. The summed E-state index contributed by atoms with van der Waals surface area (Å²) >= 11 is 0. The molecule has 0 unspecified atom stereocenters. The quantitative estimate of drug-likeness (QED) is 0.578. The Bertz CT molecular complexity index is 171. The third kappa shape index (κ3) is 0.804. The molecule has 8 heavy (non-hydrogen) atoms. The zero-order valence-electron chi connectivity index (χ0n) is 4.70.